The molecule has 1 aromatic carbocycles. The van der Waals surface area contributed by atoms with E-state index in [-0.39, 0.29) is 5.78 Å². The van der Waals surface area contributed by atoms with E-state index in [1.54, 1.807) is 0 Å². The number of hydrogen-bond donors (Lipinski definition) is 0. The van der Waals surface area contributed by atoms with Crippen molar-refractivity contribution in [2.45, 2.75) is 110 Å². The van der Waals surface area contributed by atoms with Gasteiger partial charge < -0.3 is 0 Å². The SMILES string of the molecule is CCCCCCCCCCCCCCCC1=CC=C(C(=O)c2ccccc2)CC1. The number of unbranched alkanes of at least 4 members (excludes halogenated alkanes) is 12. The molecule has 1 heteroatoms. The molecule has 0 fully saturated rings. The van der Waals surface area contributed by atoms with Crippen LogP contribution in [0.25, 0.3) is 0 Å². The Kier molecular flexibility index (Phi) is 12.4. The minimum atomic E-state index is 0.196. The highest BCUT2D eigenvalue weighted by atomic mass is 16.1. The molecule has 0 saturated heterocycles. The van der Waals surface area contributed by atoms with Gasteiger partial charge in [-0.15, -0.1) is 0 Å². The summed E-state index contributed by atoms with van der Waals surface area (Å²) in [4.78, 5) is 12.5. The first kappa shape index (κ1) is 23.6. The predicted octanol–water partition coefficient (Wildman–Crippen LogP) is 9.00. The van der Waals surface area contributed by atoms with Crippen molar-refractivity contribution in [3.63, 3.8) is 0 Å². The summed E-state index contributed by atoms with van der Waals surface area (Å²) in [5, 5.41) is 0. The van der Waals surface area contributed by atoms with E-state index in [9.17, 15) is 4.79 Å². The van der Waals surface area contributed by atoms with Crippen LogP contribution in [-0.4, -0.2) is 5.78 Å². The molecule has 0 radical (unpaired) electrons. The number of ketones is 1. The summed E-state index contributed by atoms with van der Waals surface area (Å²) in [6.07, 6.45) is 25.7. The van der Waals surface area contributed by atoms with Crippen LogP contribution in [0.15, 0.2) is 53.6 Å². The van der Waals surface area contributed by atoms with E-state index >= 15 is 0 Å². The summed E-state index contributed by atoms with van der Waals surface area (Å²) in [6, 6.07) is 9.66. The fourth-order valence-corrected chi connectivity index (χ4v) is 4.22. The molecule has 2 rings (SSSR count). The lowest BCUT2D eigenvalue weighted by atomic mass is 9.90. The Labute approximate surface area is 179 Å². The van der Waals surface area contributed by atoms with Gasteiger partial charge in [-0.05, 0) is 25.7 Å². The number of Topliss-reactive ketones (excluding diaryl/α,β-unsaturated/α-hetero) is 1. The summed E-state index contributed by atoms with van der Waals surface area (Å²) in [6.45, 7) is 2.29. The summed E-state index contributed by atoms with van der Waals surface area (Å²) < 4.78 is 0. The molecule has 1 nitrogen and oxygen atoms in total. The van der Waals surface area contributed by atoms with Crippen molar-refractivity contribution < 1.29 is 4.79 Å². The van der Waals surface area contributed by atoms with Crippen LogP contribution in [0.1, 0.15) is 120 Å². The summed E-state index contributed by atoms with van der Waals surface area (Å²) in [5.41, 5.74) is 3.30. The largest absolute Gasteiger partial charge is 0.289 e. The average molecular weight is 395 g/mol. The normalized spacial score (nSPS) is 13.8. The molecule has 1 aliphatic carbocycles. The molecule has 0 bridgehead atoms. The van der Waals surface area contributed by atoms with Crippen LogP contribution in [0, 0.1) is 0 Å². The molecule has 0 N–H and O–H groups in total. The number of hydrogen-bond acceptors (Lipinski definition) is 1. The zero-order chi connectivity index (χ0) is 20.6. The highest BCUT2D eigenvalue weighted by Crippen LogP contribution is 2.25. The van der Waals surface area contributed by atoms with Gasteiger partial charge in [0.15, 0.2) is 5.78 Å². The number of benzene rings is 1. The van der Waals surface area contributed by atoms with E-state index in [2.05, 4.69) is 19.1 Å². The third-order valence-corrected chi connectivity index (χ3v) is 6.16. The first-order chi connectivity index (χ1) is 14.3. The average Bonchev–Trinajstić information content (AvgIpc) is 2.77. The molecule has 1 aromatic rings. The van der Waals surface area contributed by atoms with Crippen LogP contribution in [-0.2, 0) is 0 Å². The lowest BCUT2D eigenvalue weighted by Crippen LogP contribution is -2.06. The predicted molar refractivity (Wildman–Crippen MR) is 126 cm³/mol. The highest BCUT2D eigenvalue weighted by Gasteiger charge is 2.14. The number of carbonyl (C=O) groups is 1. The minimum Gasteiger partial charge on any atom is -0.289 e. The Hall–Kier alpha value is -1.63. The summed E-state index contributed by atoms with van der Waals surface area (Å²) >= 11 is 0. The van der Waals surface area contributed by atoms with Crippen molar-refractivity contribution in [1.82, 2.24) is 0 Å². The third-order valence-electron chi connectivity index (χ3n) is 6.16. The van der Waals surface area contributed by atoms with Gasteiger partial charge in [0.25, 0.3) is 0 Å². The third kappa shape index (κ3) is 10.1. The standard InChI is InChI=1S/C28H42O/c1-2-3-4-5-6-7-8-9-10-11-12-13-15-18-25-21-23-27(24-22-25)28(29)26-19-16-14-17-20-26/h14,16-17,19-21,23H,2-13,15,18,22,24H2,1H3. The van der Waals surface area contributed by atoms with Crippen LogP contribution in [0.3, 0.4) is 0 Å². The van der Waals surface area contributed by atoms with Gasteiger partial charge >= 0.3 is 0 Å². The monoisotopic (exact) mass is 394 g/mol. The molecule has 0 atom stereocenters. The molecule has 0 aromatic heterocycles. The topological polar surface area (TPSA) is 17.1 Å². The second-order valence-corrected chi connectivity index (χ2v) is 8.70. The van der Waals surface area contributed by atoms with Gasteiger partial charge in [-0.25, -0.2) is 0 Å². The lowest BCUT2D eigenvalue weighted by Gasteiger charge is -2.14. The number of allylic oxidation sites excluding steroid dienone is 4. The molecule has 0 saturated carbocycles. The highest BCUT2D eigenvalue weighted by molar-refractivity contribution is 6.08. The maximum atomic E-state index is 12.5. The molecule has 0 heterocycles. The molecule has 1 aliphatic rings. The minimum absolute atomic E-state index is 0.196. The first-order valence-corrected chi connectivity index (χ1v) is 12.3. The summed E-state index contributed by atoms with van der Waals surface area (Å²) in [5.74, 6) is 0.196. The van der Waals surface area contributed by atoms with Crippen molar-refractivity contribution in [2.24, 2.45) is 0 Å². The Bertz CT molecular complexity index is 623. The zero-order valence-electron chi connectivity index (χ0n) is 18.8. The van der Waals surface area contributed by atoms with Gasteiger partial charge in [0, 0.05) is 11.1 Å². The van der Waals surface area contributed by atoms with Gasteiger partial charge in [-0.3, -0.25) is 4.79 Å². The van der Waals surface area contributed by atoms with Gasteiger partial charge in [-0.1, -0.05) is 132 Å². The second kappa shape index (κ2) is 15.2. The smallest absolute Gasteiger partial charge is 0.189 e. The van der Waals surface area contributed by atoms with Crippen LogP contribution in [0.2, 0.25) is 0 Å². The van der Waals surface area contributed by atoms with Gasteiger partial charge in [0.1, 0.15) is 0 Å². The van der Waals surface area contributed by atoms with Crippen LogP contribution >= 0.6 is 0 Å². The van der Waals surface area contributed by atoms with Crippen molar-refractivity contribution in [2.75, 3.05) is 0 Å². The van der Waals surface area contributed by atoms with Crippen LogP contribution < -0.4 is 0 Å². The van der Waals surface area contributed by atoms with E-state index in [0.717, 1.165) is 24.0 Å². The van der Waals surface area contributed by atoms with Crippen LogP contribution in [0.5, 0.6) is 0 Å². The first-order valence-electron chi connectivity index (χ1n) is 12.3. The molecule has 29 heavy (non-hydrogen) atoms. The quantitative estimate of drug-likeness (QED) is 0.202. The van der Waals surface area contributed by atoms with E-state index in [4.69, 9.17) is 0 Å². The molecule has 0 aliphatic heterocycles. The van der Waals surface area contributed by atoms with Gasteiger partial charge in [0.05, 0.1) is 0 Å². The maximum absolute atomic E-state index is 12.5. The van der Waals surface area contributed by atoms with Gasteiger partial charge in [-0.2, -0.15) is 0 Å². The van der Waals surface area contributed by atoms with Crippen molar-refractivity contribution >= 4 is 5.78 Å². The second-order valence-electron chi connectivity index (χ2n) is 8.70. The Morgan fingerprint density at radius 2 is 1.24 bits per heavy atom. The van der Waals surface area contributed by atoms with E-state index < -0.39 is 0 Å². The van der Waals surface area contributed by atoms with Gasteiger partial charge in [0.2, 0.25) is 0 Å². The van der Waals surface area contributed by atoms with Crippen molar-refractivity contribution in [3.8, 4) is 0 Å². The number of carbonyl (C=O) groups excluding carboxylic acids is 1. The lowest BCUT2D eigenvalue weighted by molar-refractivity contribution is 0.103. The Balaban J connectivity index is 1.47. The zero-order valence-corrected chi connectivity index (χ0v) is 18.8. The molecular weight excluding hydrogens is 352 g/mol. The fraction of sp³-hybridized carbons (Fsp3) is 0.607. The Morgan fingerprint density at radius 3 is 1.76 bits per heavy atom. The molecule has 0 unspecified atom stereocenters. The fourth-order valence-electron chi connectivity index (χ4n) is 4.22. The van der Waals surface area contributed by atoms with Crippen molar-refractivity contribution in [3.05, 3.63) is 59.2 Å². The molecule has 0 amide bonds. The summed E-state index contributed by atoms with van der Waals surface area (Å²) in [7, 11) is 0. The van der Waals surface area contributed by atoms with Crippen molar-refractivity contribution in [1.29, 1.82) is 0 Å². The van der Waals surface area contributed by atoms with E-state index in [1.165, 1.54) is 95.5 Å². The molecule has 160 valence electrons. The number of rotatable bonds is 16. The Morgan fingerprint density at radius 1 is 0.690 bits per heavy atom. The van der Waals surface area contributed by atoms with E-state index in [0.29, 0.717) is 0 Å². The maximum Gasteiger partial charge on any atom is 0.189 e. The van der Waals surface area contributed by atoms with Crippen LogP contribution in [0.4, 0.5) is 0 Å². The van der Waals surface area contributed by atoms with E-state index in [1.807, 2.05) is 30.3 Å². The molecule has 0 spiro atoms. The molecular formula is C28H42O.